The highest BCUT2D eigenvalue weighted by atomic mass is 16.5. The molecule has 2 aromatic rings. The van der Waals surface area contributed by atoms with E-state index in [9.17, 15) is 4.79 Å². The minimum atomic E-state index is -0.104. The Morgan fingerprint density at radius 3 is 2.71 bits per heavy atom. The first kappa shape index (κ1) is 13.8. The Morgan fingerprint density at radius 2 is 1.95 bits per heavy atom. The van der Waals surface area contributed by atoms with Gasteiger partial charge in [-0.2, -0.15) is 0 Å². The molecule has 1 atom stereocenters. The molecule has 1 aliphatic heterocycles. The van der Waals surface area contributed by atoms with Gasteiger partial charge in [0.2, 0.25) is 0 Å². The summed E-state index contributed by atoms with van der Waals surface area (Å²) in [5.74, 6) is 0.863. The van der Waals surface area contributed by atoms with Crippen LogP contribution in [0, 0.1) is 0 Å². The molecule has 0 fully saturated rings. The molecule has 3 rings (SSSR count). The molecule has 0 amide bonds. The van der Waals surface area contributed by atoms with E-state index in [0.29, 0.717) is 13.2 Å². The normalized spacial score (nSPS) is 17.1. The molecule has 0 aliphatic carbocycles. The number of fused-ring (bicyclic) bond motifs is 1. The maximum atomic E-state index is 12.8. The lowest BCUT2D eigenvalue weighted by Crippen LogP contribution is -2.32. The molecule has 2 aromatic carbocycles. The summed E-state index contributed by atoms with van der Waals surface area (Å²) in [5, 5.41) is 3.33. The fourth-order valence-corrected chi connectivity index (χ4v) is 2.81. The zero-order valence-corrected chi connectivity index (χ0v) is 12.1. The van der Waals surface area contributed by atoms with E-state index in [4.69, 9.17) is 4.74 Å². The quantitative estimate of drug-likeness (QED) is 0.875. The van der Waals surface area contributed by atoms with E-state index in [-0.39, 0.29) is 11.7 Å². The summed E-state index contributed by atoms with van der Waals surface area (Å²) >= 11 is 0. The van der Waals surface area contributed by atoms with Crippen LogP contribution in [0.25, 0.3) is 0 Å². The standard InChI is InChI=1S/C18H19NO2/c1-2-21-15-9-7-13(8-10-15)18(20)17-12-19-11-14-5-3-4-6-16(14)17/h3-10,17,19H,2,11-12H2,1H3. The van der Waals surface area contributed by atoms with Crippen LogP contribution >= 0.6 is 0 Å². The summed E-state index contributed by atoms with van der Waals surface area (Å²) in [7, 11) is 0. The van der Waals surface area contributed by atoms with Crippen LogP contribution in [0.15, 0.2) is 48.5 Å². The number of carbonyl (C=O) groups is 1. The largest absolute Gasteiger partial charge is 0.494 e. The average Bonchev–Trinajstić information content (AvgIpc) is 2.55. The van der Waals surface area contributed by atoms with Crippen molar-refractivity contribution in [2.45, 2.75) is 19.4 Å². The zero-order valence-electron chi connectivity index (χ0n) is 12.1. The number of ether oxygens (including phenoxy) is 1. The molecule has 3 nitrogen and oxygen atoms in total. The molecule has 0 saturated heterocycles. The molecule has 0 aromatic heterocycles. The van der Waals surface area contributed by atoms with Crippen LogP contribution in [0.3, 0.4) is 0 Å². The minimum Gasteiger partial charge on any atom is -0.494 e. The SMILES string of the molecule is CCOc1ccc(C(=O)C2CNCc3ccccc32)cc1. The fraction of sp³-hybridized carbons (Fsp3) is 0.278. The molecular formula is C18H19NO2. The Morgan fingerprint density at radius 1 is 1.19 bits per heavy atom. The maximum absolute atomic E-state index is 12.8. The summed E-state index contributed by atoms with van der Waals surface area (Å²) in [6, 6.07) is 15.6. The number of hydrogen-bond donors (Lipinski definition) is 1. The van der Waals surface area contributed by atoms with Crippen molar-refractivity contribution in [1.82, 2.24) is 5.32 Å². The van der Waals surface area contributed by atoms with Crippen molar-refractivity contribution in [1.29, 1.82) is 0 Å². The maximum Gasteiger partial charge on any atom is 0.171 e. The molecule has 21 heavy (non-hydrogen) atoms. The first-order valence-corrected chi connectivity index (χ1v) is 7.35. The van der Waals surface area contributed by atoms with Gasteiger partial charge in [-0.1, -0.05) is 24.3 Å². The Hall–Kier alpha value is -2.13. The number of rotatable bonds is 4. The molecule has 108 valence electrons. The van der Waals surface area contributed by atoms with Gasteiger partial charge in [0.15, 0.2) is 5.78 Å². The van der Waals surface area contributed by atoms with Crippen molar-refractivity contribution in [3.05, 3.63) is 65.2 Å². The zero-order chi connectivity index (χ0) is 14.7. The lowest BCUT2D eigenvalue weighted by molar-refractivity contribution is 0.0955. The lowest BCUT2D eigenvalue weighted by Gasteiger charge is -2.25. The number of ketones is 1. The third-order valence-electron chi connectivity index (χ3n) is 3.86. The van der Waals surface area contributed by atoms with Gasteiger partial charge < -0.3 is 10.1 Å². The number of Topliss-reactive ketones (excluding diaryl/α,β-unsaturated/α-hetero) is 1. The van der Waals surface area contributed by atoms with E-state index < -0.39 is 0 Å². The van der Waals surface area contributed by atoms with Crippen LogP contribution in [0.4, 0.5) is 0 Å². The molecule has 0 radical (unpaired) electrons. The Balaban J connectivity index is 1.86. The van der Waals surface area contributed by atoms with Crippen LogP contribution in [0.2, 0.25) is 0 Å². The van der Waals surface area contributed by atoms with Gasteiger partial charge >= 0.3 is 0 Å². The number of hydrogen-bond acceptors (Lipinski definition) is 3. The monoisotopic (exact) mass is 281 g/mol. The van der Waals surface area contributed by atoms with E-state index in [1.807, 2.05) is 43.3 Å². The van der Waals surface area contributed by atoms with Gasteiger partial charge in [-0.25, -0.2) is 0 Å². The predicted molar refractivity (Wildman–Crippen MR) is 82.8 cm³/mol. The molecule has 0 spiro atoms. The highest BCUT2D eigenvalue weighted by molar-refractivity contribution is 6.01. The van der Waals surface area contributed by atoms with Crippen LogP contribution in [-0.2, 0) is 6.54 Å². The Kier molecular flexibility index (Phi) is 4.02. The Labute approximate surface area is 124 Å². The topological polar surface area (TPSA) is 38.3 Å². The molecule has 3 heteroatoms. The average molecular weight is 281 g/mol. The number of carbonyl (C=O) groups excluding carboxylic acids is 1. The van der Waals surface area contributed by atoms with Crippen LogP contribution in [0.1, 0.15) is 34.3 Å². The second kappa shape index (κ2) is 6.10. The van der Waals surface area contributed by atoms with Crippen LogP contribution in [-0.4, -0.2) is 18.9 Å². The van der Waals surface area contributed by atoms with Crippen LogP contribution < -0.4 is 10.1 Å². The smallest absolute Gasteiger partial charge is 0.171 e. The van der Waals surface area contributed by atoms with Gasteiger partial charge in [0.05, 0.1) is 12.5 Å². The second-order valence-electron chi connectivity index (χ2n) is 5.20. The van der Waals surface area contributed by atoms with Gasteiger partial charge in [0.25, 0.3) is 0 Å². The van der Waals surface area contributed by atoms with Gasteiger partial charge in [-0.3, -0.25) is 4.79 Å². The summed E-state index contributed by atoms with van der Waals surface area (Å²) in [4.78, 5) is 12.8. The van der Waals surface area contributed by atoms with E-state index >= 15 is 0 Å². The van der Waals surface area contributed by atoms with Gasteiger partial charge in [-0.15, -0.1) is 0 Å². The summed E-state index contributed by atoms with van der Waals surface area (Å²) in [6.45, 7) is 4.11. The van der Waals surface area contributed by atoms with Crippen molar-refractivity contribution >= 4 is 5.78 Å². The van der Waals surface area contributed by atoms with Crippen molar-refractivity contribution in [2.24, 2.45) is 0 Å². The summed E-state index contributed by atoms with van der Waals surface area (Å²) in [6.07, 6.45) is 0. The second-order valence-corrected chi connectivity index (χ2v) is 5.20. The van der Waals surface area contributed by atoms with Crippen molar-refractivity contribution in [3.8, 4) is 5.75 Å². The van der Waals surface area contributed by atoms with Gasteiger partial charge in [0.1, 0.15) is 5.75 Å². The summed E-state index contributed by atoms with van der Waals surface area (Å²) < 4.78 is 5.42. The third kappa shape index (κ3) is 2.83. The molecule has 1 unspecified atom stereocenters. The first-order chi connectivity index (χ1) is 10.3. The van der Waals surface area contributed by atoms with Crippen LogP contribution in [0.5, 0.6) is 5.75 Å². The number of benzene rings is 2. The first-order valence-electron chi connectivity index (χ1n) is 7.35. The molecule has 1 heterocycles. The van der Waals surface area contributed by atoms with E-state index in [2.05, 4.69) is 17.4 Å². The van der Waals surface area contributed by atoms with Crippen molar-refractivity contribution < 1.29 is 9.53 Å². The Bertz CT molecular complexity index is 634. The summed E-state index contributed by atoms with van der Waals surface area (Å²) in [5.41, 5.74) is 3.10. The van der Waals surface area contributed by atoms with Crippen molar-refractivity contribution in [3.63, 3.8) is 0 Å². The highest BCUT2D eigenvalue weighted by Gasteiger charge is 2.26. The molecule has 1 N–H and O–H groups in total. The van der Waals surface area contributed by atoms with E-state index in [1.165, 1.54) is 5.56 Å². The molecule has 0 bridgehead atoms. The fourth-order valence-electron chi connectivity index (χ4n) is 2.81. The third-order valence-corrected chi connectivity index (χ3v) is 3.86. The van der Waals surface area contributed by atoms with E-state index in [1.54, 1.807) is 0 Å². The lowest BCUT2D eigenvalue weighted by atomic mass is 9.85. The predicted octanol–water partition coefficient (Wildman–Crippen LogP) is 3.16. The van der Waals surface area contributed by atoms with Gasteiger partial charge in [0, 0.05) is 18.7 Å². The highest BCUT2D eigenvalue weighted by Crippen LogP contribution is 2.27. The van der Waals surface area contributed by atoms with E-state index in [0.717, 1.165) is 23.4 Å². The molecule has 0 saturated carbocycles. The number of nitrogens with one attached hydrogen (secondary N) is 1. The molecule has 1 aliphatic rings. The minimum absolute atomic E-state index is 0.104. The van der Waals surface area contributed by atoms with Gasteiger partial charge in [-0.05, 0) is 42.3 Å². The molecular weight excluding hydrogens is 262 g/mol. The van der Waals surface area contributed by atoms with Crippen molar-refractivity contribution in [2.75, 3.05) is 13.2 Å².